The van der Waals surface area contributed by atoms with Crippen LogP contribution in [0.4, 0.5) is 0 Å². The number of hydrogen-bond acceptors (Lipinski definition) is 4. The van der Waals surface area contributed by atoms with Gasteiger partial charge in [-0.15, -0.1) is 0 Å². The number of nitrogens with zero attached hydrogens (tertiary/aromatic N) is 1. The minimum atomic E-state index is -0.146. The van der Waals surface area contributed by atoms with E-state index in [0.29, 0.717) is 36.5 Å². The number of fused-ring (bicyclic) bond motifs is 1. The van der Waals surface area contributed by atoms with Crippen LogP contribution in [-0.4, -0.2) is 35.9 Å². The molecule has 2 rings (SSSR count). The molecule has 0 radical (unpaired) electrons. The van der Waals surface area contributed by atoms with Gasteiger partial charge in [0.2, 0.25) is 5.91 Å². The molecule has 0 fully saturated rings. The molecular formula is C22H31N3O3. The Morgan fingerprint density at radius 1 is 1.32 bits per heavy atom. The molecule has 1 aliphatic heterocycles. The molecular weight excluding hydrogens is 354 g/mol. The van der Waals surface area contributed by atoms with Crippen LogP contribution in [0.1, 0.15) is 61.4 Å². The quantitative estimate of drug-likeness (QED) is 0.540. The summed E-state index contributed by atoms with van der Waals surface area (Å²) in [7, 11) is 0. The summed E-state index contributed by atoms with van der Waals surface area (Å²) in [5, 5.41) is 2.55. The van der Waals surface area contributed by atoms with Gasteiger partial charge in [-0.05, 0) is 51.1 Å². The molecule has 1 unspecified atom stereocenters. The van der Waals surface area contributed by atoms with Crippen molar-refractivity contribution in [1.29, 1.82) is 0 Å². The number of unbranched alkanes of at least 4 members (excludes halogenated alkanes) is 3. The maximum atomic E-state index is 12.9. The highest BCUT2D eigenvalue weighted by molar-refractivity contribution is 6.10. The fourth-order valence-electron chi connectivity index (χ4n) is 3.40. The minimum Gasteiger partial charge on any atom is -0.493 e. The van der Waals surface area contributed by atoms with Gasteiger partial charge in [-0.1, -0.05) is 32.1 Å². The SMILES string of the molecule is C=CNC(=O)CCC(C)N1C(=C)c2c(OCCCCCCN)cccc2C1=O. The highest BCUT2D eigenvalue weighted by atomic mass is 16.5. The molecule has 0 saturated carbocycles. The van der Waals surface area contributed by atoms with Crippen molar-refractivity contribution in [2.45, 2.75) is 51.5 Å². The van der Waals surface area contributed by atoms with E-state index in [1.807, 2.05) is 19.1 Å². The minimum absolute atomic E-state index is 0.0926. The fourth-order valence-corrected chi connectivity index (χ4v) is 3.40. The number of nitrogens with one attached hydrogen (secondary N) is 1. The van der Waals surface area contributed by atoms with E-state index >= 15 is 0 Å². The molecule has 28 heavy (non-hydrogen) atoms. The maximum Gasteiger partial charge on any atom is 0.259 e. The van der Waals surface area contributed by atoms with Crippen LogP contribution >= 0.6 is 0 Å². The van der Waals surface area contributed by atoms with Gasteiger partial charge in [0.15, 0.2) is 0 Å². The summed E-state index contributed by atoms with van der Waals surface area (Å²) in [5.41, 5.74) is 7.51. The zero-order valence-electron chi connectivity index (χ0n) is 16.7. The third-order valence-corrected chi connectivity index (χ3v) is 4.90. The number of hydrogen-bond donors (Lipinski definition) is 2. The second-order valence-electron chi connectivity index (χ2n) is 7.01. The summed E-state index contributed by atoms with van der Waals surface area (Å²) in [6.07, 6.45) is 6.36. The van der Waals surface area contributed by atoms with E-state index in [0.717, 1.165) is 37.8 Å². The average molecular weight is 386 g/mol. The summed E-state index contributed by atoms with van der Waals surface area (Å²) in [5.74, 6) is 0.481. The Kier molecular flexibility index (Phi) is 8.26. The van der Waals surface area contributed by atoms with Crippen LogP contribution in [0.5, 0.6) is 5.75 Å². The normalized spacial score (nSPS) is 14.0. The summed E-state index contributed by atoms with van der Waals surface area (Å²) >= 11 is 0. The molecule has 0 aliphatic carbocycles. The molecule has 0 bridgehead atoms. The van der Waals surface area contributed by atoms with E-state index in [1.54, 1.807) is 11.0 Å². The molecule has 3 N–H and O–H groups in total. The van der Waals surface area contributed by atoms with E-state index in [-0.39, 0.29) is 17.9 Å². The highest BCUT2D eigenvalue weighted by Crippen LogP contribution is 2.39. The van der Waals surface area contributed by atoms with Gasteiger partial charge >= 0.3 is 0 Å². The van der Waals surface area contributed by atoms with E-state index in [2.05, 4.69) is 18.5 Å². The van der Waals surface area contributed by atoms with Gasteiger partial charge in [0.25, 0.3) is 5.91 Å². The Morgan fingerprint density at radius 3 is 2.79 bits per heavy atom. The van der Waals surface area contributed by atoms with Gasteiger partial charge in [0, 0.05) is 18.2 Å². The third kappa shape index (κ3) is 5.23. The van der Waals surface area contributed by atoms with Crippen molar-refractivity contribution in [2.75, 3.05) is 13.2 Å². The number of carbonyl (C=O) groups is 2. The molecule has 0 saturated heterocycles. The Morgan fingerprint density at radius 2 is 2.07 bits per heavy atom. The first kappa shape index (κ1) is 21.7. The van der Waals surface area contributed by atoms with Gasteiger partial charge in [0.1, 0.15) is 5.75 Å². The van der Waals surface area contributed by atoms with Crippen LogP contribution in [0, 0.1) is 0 Å². The molecule has 6 nitrogen and oxygen atoms in total. The highest BCUT2D eigenvalue weighted by Gasteiger charge is 2.36. The van der Waals surface area contributed by atoms with Gasteiger partial charge < -0.3 is 20.7 Å². The van der Waals surface area contributed by atoms with Crippen LogP contribution in [0.25, 0.3) is 5.70 Å². The molecule has 1 atom stereocenters. The van der Waals surface area contributed by atoms with E-state index in [1.165, 1.54) is 6.20 Å². The summed E-state index contributed by atoms with van der Waals surface area (Å²) in [6, 6.07) is 5.36. The van der Waals surface area contributed by atoms with Crippen molar-refractivity contribution >= 4 is 17.5 Å². The van der Waals surface area contributed by atoms with Crippen LogP contribution in [0.2, 0.25) is 0 Å². The molecule has 1 aromatic carbocycles. The molecule has 0 aromatic heterocycles. The van der Waals surface area contributed by atoms with Gasteiger partial charge in [-0.25, -0.2) is 0 Å². The van der Waals surface area contributed by atoms with Crippen molar-refractivity contribution in [3.05, 3.63) is 48.7 Å². The molecule has 1 aromatic rings. The lowest BCUT2D eigenvalue weighted by molar-refractivity contribution is -0.120. The largest absolute Gasteiger partial charge is 0.493 e. The van der Waals surface area contributed by atoms with Gasteiger partial charge in [0.05, 0.1) is 17.7 Å². The maximum absolute atomic E-state index is 12.9. The number of rotatable bonds is 12. The molecule has 6 heteroatoms. The van der Waals surface area contributed by atoms with Crippen molar-refractivity contribution in [2.24, 2.45) is 5.73 Å². The van der Waals surface area contributed by atoms with Crippen molar-refractivity contribution < 1.29 is 14.3 Å². The number of benzene rings is 1. The first-order chi connectivity index (χ1) is 13.5. The van der Waals surface area contributed by atoms with E-state index in [4.69, 9.17) is 10.5 Å². The van der Waals surface area contributed by atoms with Crippen molar-refractivity contribution in [3.8, 4) is 5.75 Å². The lowest BCUT2D eigenvalue weighted by Gasteiger charge is -2.25. The van der Waals surface area contributed by atoms with Gasteiger partial charge in [-0.3, -0.25) is 9.59 Å². The van der Waals surface area contributed by atoms with E-state index in [9.17, 15) is 9.59 Å². The first-order valence-electron chi connectivity index (χ1n) is 9.90. The Bertz CT molecular complexity index is 730. The average Bonchev–Trinajstić information content (AvgIpc) is 2.94. The van der Waals surface area contributed by atoms with E-state index < -0.39 is 0 Å². The van der Waals surface area contributed by atoms with Crippen LogP contribution in [0.3, 0.4) is 0 Å². The fraction of sp³-hybridized carbons (Fsp3) is 0.455. The summed E-state index contributed by atoms with van der Waals surface area (Å²) in [6.45, 7) is 10.9. The first-order valence-corrected chi connectivity index (χ1v) is 9.90. The third-order valence-electron chi connectivity index (χ3n) is 4.90. The Labute approximate surface area is 167 Å². The zero-order valence-corrected chi connectivity index (χ0v) is 16.7. The van der Waals surface area contributed by atoms with Crippen LogP contribution in [-0.2, 0) is 4.79 Å². The summed E-state index contributed by atoms with van der Waals surface area (Å²) in [4.78, 5) is 26.2. The molecule has 2 amide bonds. The van der Waals surface area contributed by atoms with Crippen molar-refractivity contribution in [1.82, 2.24) is 10.2 Å². The van der Waals surface area contributed by atoms with Crippen LogP contribution in [0.15, 0.2) is 37.6 Å². The number of carbonyl (C=O) groups excluding carboxylic acids is 2. The second-order valence-corrected chi connectivity index (χ2v) is 7.01. The Balaban J connectivity index is 2.01. The molecule has 1 aliphatic rings. The van der Waals surface area contributed by atoms with Gasteiger partial charge in [-0.2, -0.15) is 0 Å². The number of amides is 2. The molecule has 0 spiro atoms. The summed E-state index contributed by atoms with van der Waals surface area (Å²) < 4.78 is 5.96. The lowest BCUT2D eigenvalue weighted by Crippen LogP contribution is -2.33. The second kappa shape index (κ2) is 10.7. The predicted octanol–water partition coefficient (Wildman–Crippen LogP) is 3.44. The van der Waals surface area contributed by atoms with Crippen molar-refractivity contribution in [3.63, 3.8) is 0 Å². The smallest absolute Gasteiger partial charge is 0.259 e. The number of nitrogens with two attached hydrogens (primary N) is 1. The molecule has 1 heterocycles. The zero-order chi connectivity index (χ0) is 20.5. The van der Waals surface area contributed by atoms with Crippen LogP contribution < -0.4 is 15.8 Å². The Hall–Kier alpha value is -2.60. The monoisotopic (exact) mass is 385 g/mol. The predicted molar refractivity (Wildman–Crippen MR) is 112 cm³/mol. The standard InChI is InChI=1S/C22H31N3O3/c1-4-24-20(26)13-12-16(2)25-17(3)21-18(22(25)27)10-9-11-19(21)28-15-8-6-5-7-14-23/h4,9-11,16H,1,3,5-8,12-15,23H2,2H3,(H,24,26). The number of ether oxygens (including phenoxy) is 1. The topological polar surface area (TPSA) is 84.7 Å². The lowest BCUT2D eigenvalue weighted by atomic mass is 10.1. The molecule has 152 valence electrons.